The second kappa shape index (κ2) is 11.0. The molecule has 0 saturated heterocycles. The zero-order chi connectivity index (χ0) is 23.0. The van der Waals surface area contributed by atoms with Crippen molar-refractivity contribution in [2.45, 2.75) is 52.6 Å². The summed E-state index contributed by atoms with van der Waals surface area (Å²) >= 11 is 0. The number of hydrogen-bond donors (Lipinski definition) is 2. The van der Waals surface area contributed by atoms with Crippen LogP contribution in [-0.4, -0.2) is 46.0 Å². The molecule has 1 rings (SSSR count). The number of hydrogen-bond acceptors (Lipinski definition) is 3. The summed E-state index contributed by atoms with van der Waals surface area (Å²) in [5.41, 5.74) is -0.252. The van der Waals surface area contributed by atoms with Gasteiger partial charge < -0.3 is 10.6 Å². The standard InChI is InChI=1S/C21H34F3N3O2S/c1-6-25-19(27-15-20(3,4)11-13-30(5,28)29)26-12-10-16(2)17-8-7-9-18(14-17)21(22,23)24/h7-9,14,16H,6,10-13,15H2,1-5H3,(H2,25,26,27). The molecule has 0 spiro atoms. The Morgan fingerprint density at radius 2 is 1.87 bits per heavy atom. The van der Waals surface area contributed by atoms with Crippen LogP contribution < -0.4 is 10.6 Å². The van der Waals surface area contributed by atoms with Gasteiger partial charge in [0.15, 0.2) is 5.96 Å². The highest BCUT2D eigenvalue weighted by Crippen LogP contribution is 2.31. The molecule has 0 saturated carbocycles. The molecule has 1 aromatic rings. The molecule has 2 N–H and O–H groups in total. The lowest BCUT2D eigenvalue weighted by molar-refractivity contribution is -0.137. The van der Waals surface area contributed by atoms with E-state index in [0.29, 0.717) is 44.0 Å². The van der Waals surface area contributed by atoms with Gasteiger partial charge in [-0.05, 0) is 42.7 Å². The summed E-state index contributed by atoms with van der Waals surface area (Å²) in [4.78, 5) is 4.55. The summed E-state index contributed by atoms with van der Waals surface area (Å²) in [5, 5.41) is 6.35. The minimum atomic E-state index is -4.34. The van der Waals surface area contributed by atoms with Gasteiger partial charge >= 0.3 is 6.18 Å². The highest BCUT2D eigenvalue weighted by molar-refractivity contribution is 7.90. The van der Waals surface area contributed by atoms with E-state index in [-0.39, 0.29) is 17.1 Å². The van der Waals surface area contributed by atoms with Gasteiger partial charge in [0.2, 0.25) is 0 Å². The third kappa shape index (κ3) is 10.3. The van der Waals surface area contributed by atoms with E-state index < -0.39 is 21.6 Å². The average Bonchev–Trinajstić information content (AvgIpc) is 2.63. The number of halogens is 3. The van der Waals surface area contributed by atoms with E-state index in [2.05, 4.69) is 15.6 Å². The normalized spacial score (nSPS) is 14.5. The maximum absolute atomic E-state index is 12.9. The summed E-state index contributed by atoms with van der Waals surface area (Å²) < 4.78 is 61.5. The first kappa shape index (κ1) is 26.3. The molecule has 0 amide bonds. The maximum Gasteiger partial charge on any atom is 0.416 e. The maximum atomic E-state index is 12.9. The van der Waals surface area contributed by atoms with Crippen LogP contribution in [0.1, 0.15) is 57.6 Å². The van der Waals surface area contributed by atoms with Crippen molar-refractivity contribution in [3.05, 3.63) is 35.4 Å². The number of guanidine groups is 1. The van der Waals surface area contributed by atoms with Gasteiger partial charge in [0.1, 0.15) is 9.84 Å². The van der Waals surface area contributed by atoms with Gasteiger partial charge in [-0.25, -0.2) is 8.42 Å². The zero-order valence-electron chi connectivity index (χ0n) is 18.4. The largest absolute Gasteiger partial charge is 0.416 e. The SMILES string of the molecule is CCNC(=NCC(C)(C)CCS(C)(=O)=O)NCCC(C)c1cccc(C(F)(F)F)c1. The van der Waals surface area contributed by atoms with E-state index in [1.807, 2.05) is 27.7 Å². The van der Waals surface area contributed by atoms with Crippen LogP contribution in [0.4, 0.5) is 13.2 Å². The number of rotatable bonds is 10. The second-order valence-corrected chi connectivity index (χ2v) is 10.7. The minimum Gasteiger partial charge on any atom is -0.357 e. The van der Waals surface area contributed by atoms with Gasteiger partial charge in [-0.2, -0.15) is 13.2 Å². The molecule has 1 atom stereocenters. The number of nitrogens with zero attached hydrogens (tertiary/aromatic N) is 1. The molecule has 172 valence electrons. The van der Waals surface area contributed by atoms with Crippen molar-refractivity contribution in [3.8, 4) is 0 Å². The Balaban J connectivity index is 2.65. The Morgan fingerprint density at radius 3 is 2.43 bits per heavy atom. The molecule has 0 heterocycles. The Kier molecular flexibility index (Phi) is 9.65. The van der Waals surface area contributed by atoms with Crippen LogP contribution in [0, 0.1) is 5.41 Å². The van der Waals surface area contributed by atoms with Crippen LogP contribution >= 0.6 is 0 Å². The highest BCUT2D eigenvalue weighted by atomic mass is 32.2. The van der Waals surface area contributed by atoms with Gasteiger partial charge in [-0.15, -0.1) is 0 Å². The highest BCUT2D eigenvalue weighted by Gasteiger charge is 2.30. The average molecular weight is 450 g/mol. The Hall–Kier alpha value is -1.77. The monoisotopic (exact) mass is 449 g/mol. The molecule has 0 aliphatic heterocycles. The molecule has 0 fully saturated rings. The molecule has 1 unspecified atom stereocenters. The molecule has 1 aromatic carbocycles. The van der Waals surface area contributed by atoms with Crippen molar-refractivity contribution in [1.29, 1.82) is 0 Å². The lowest BCUT2D eigenvalue weighted by Gasteiger charge is -2.23. The van der Waals surface area contributed by atoms with Crippen LogP contribution in [-0.2, 0) is 16.0 Å². The number of aliphatic imine (C=N–C) groups is 1. The molecule has 0 aliphatic carbocycles. The van der Waals surface area contributed by atoms with Crippen molar-refractivity contribution in [2.24, 2.45) is 10.4 Å². The first-order valence-corrected chi connectivity index (χ1v) is 12.2. The zero-order valence-corrected chi connectivity index (χ0v) is 19.3. The molecule has 30 heavy (non-hydrogen) atoms. The summed E-state index contributed by atoms with van der Waals surface area (Å²) in [6.45, 7) is 9.46. The van der Waals surface area contributed by atoms with Gasteiger partial charge in [-0.1, -0.05) is 39.0 Å². The van der Waals surface area contributed by atoms with Crippen molar-refractivity contribution in [1.82, 2.24) is 10.6 Å². The number of nitrogens with one attached hydrogen (secondary N) is 2. The molecule has 9 heteroatoms. The smallest absolute Gasteiger partial charge is 0.357 e. The number of sulfone groups is 1. The van der Waals surface area contributed by atoms with E-state index in [1.54, 1.807) is 6.07 Å². The third-order valence-corrected chi connectivity index (χ3v) is 5.76. The van der Waals surface area contributed by atoms with Gasteiger partial charge in [0.05, 0.1) is 11.3 Å². The van der Waals surface area contributed by atoms with E-state index in [1.165, 1.54) is 18.4 Å². The van der Waals surface area contributed by atoms with E-state index in [4.69, 9.17) is 0 Å². The van der Waals surface area contributed by atoms with Crippen LogP contribution in [0.5, 0.6) is 0 Å². The third-order valence-electron chi connectivity index (χ3n) is 4.81. The molecule has 5 nitrogen and oxygen atoms in total. The van der Waals surface area contributed by atoms with Crippen LogP contribution in [0.25, 0.3) is 0 Å². The molecular formula is C21H34F3N3O2S. The predicted octanol–water partition coefficient (Wildman–Crippen LogP) is 4.22. The first-order chi connectivity index (χ1) is 13.7. The van der Waals surface area contributed by atoms with Crippen molar-refractivity contribution in [3.63, 3.8) is 0 Å². The summed E-state index contributed by atoms with van der Waals surface area (Å²) in [6.07, 6.45) is -1.96. The van der Waals surface area contributed by atoms with Crippen molar-refractivity contribution < 1.29 is 21.6 Å². The lowest BCUT2D eigenvalue weighted by Crippen LogP contribution is -2.39. The van der Waals surface area contributed by atoms with Gasteiger partial charge in [0, 0.05) is 25.9 Å². The van der Waals surface area contributed by atoms with Crippen LogP contribution in [0.2, 0.25) is 0 Å². The van der Waals surface area contributed by atoms with Crippen molar-refractivity contribution in [2.75, 3.05) is 31.6 Å². The molecular weight excluding hydrogens is 415 g/mol. The van der Waals surface area contributed by atoms with Gasteiger partial charge in [0.25, 0.3) is 0 Å². The summed E-state index contributed by atoms with van der Waals surface area (Å²) in [5.74, 6) is 0.684. The van der Waals surface area contributed by atoms with Crippen LogP contribution in [0.15, 0.2) is 29.3 Å². The Bertz CT molecular complexity index is 806. The predicted molar refractivity (Wildman–Crippen MR) is 117 cm³/mol. The lowest BCUT2D eigenvalue weighted by atomic mass is 9.90. The Morgan fingerprint density at radius 1 is 1.20 bits per heavy atom. The first-order valence-electron chi connectivity index (χ1n) is 10.1. The van der Waals surface area contributed by atoms with Gasteiger partial charge in [-0.3, -0.25) is 4.99 Å². The Labute approximate surface area is 178 Å². The molecule has 0 aromatic heterocycles. The second-order valence-electron chi connectivity index (χ2n) is 8.48. The van der Waals surface area contributed by atoms with Crippen LogP contribution in [0.3, 0.4) is 0 Å². The minimum absolute atomic E-state index is 0.0473. The topological polar surface area (TPSA) is 70.6 Å². The fraction of sp³-hybridized carbons (Fsp3) is 0.667. The fourth-order valence-corrected chi connectivity index (χ4v) is 3.69. The summed E-state index contributed by atoms with van der Waals surface area (Å²) in [6, 6.07) is 5.43. The van der Waals surface area contributed by atoms with E-state index in [0.717, 1.165) is 6.07 Å². The molecule has 0 bridgehead atoms. The molecule has 0 aliphatic rings. The summed E-state index contributed by atoms with van der Waals surface area (Å²) in [7, 11) is -3.02. The van der Waals surface area contributed by atoms with E-state index in [9.17, 15) is 21.6 Å². The van der Waals surface area contributed by atoms with Crippen molar-refractivity contribution >= 4 is 15.8 Å². The quantitative estimate of drug-likeness (QED) is 0.415. The molecule has 0 radical (unpaired) electrons. The van der Waals surface area contributed by atoms with E-state index >= 15 is 0 Å². The number of alkyl halides is 3. The number of benzene rings is 1. The fourth-order valence-electron chi connectivity index (χ4n) is 2.77.